The Bertz CT molecular complexity index is 386. The highest BCUT2D eigenvalue weighted by Crippen LogP contribution is 2.20. The number of nitrogens with zero attached hydrogens (tertiary/aromatic N) is 2. The molecule has 0 aliphatic carbocycles. The summed E-state index contributed by atoms with van der Waals surface area (Å²) in [4.78, 5) is 5.05. The predicted molar refractivity (Wildman–Crippen MR) is 88.9 cm³/mol. The standard InChI is InChI=1S/C17H27ClN2/c1-2-3-4-5-6-10-19-11-13-20(14-12-19)17-9-7-8-16(18)15-17/h7-9,15H,2-6,10-14H2,1H3. The van der Waals surface area contributed by atoms with Crippen LogP contribution in [0.25, 0.3) is 0 Å². The first-order valence-corrected chi connectivity index (χ1v) is 8.40. The van der Waals surface area contributed by atoms with Crippen molar-refractivity contribution in [1.82, 2.24) is 4.90 Å². The molecule has 0 unspecified atom stereocenters. The third kappa shape index (κ3) is 4.99. The van der Waals surface area contributed by atoms with E-state index in [-0.39, 0.29) is 0 Å². The Labute approximate surface area is 128 Å². The minimum Gasteiger partial charge on any atom is -0.369 e. The number of hydrogen-bond acceptors (Lipinski definition) is 2. The quantitative estimate of drug-likeness (QED) is 0.686. The Morgan fingerprint density at radius 1 is 1.00 bits per heavy atom. The zero-order chi connectivity index (χ0) is 14.2. The fraction of sp³-hybridized carbons (Fsp3) is 0.647. The maximum absolute atomic E-state index is 6.07. The molecule has 0 N–H and O–H groups in total. The molecule has 20 heavy (non-hydrogen) atoms. The minimum absolute atomic E-state index is 0.834. The molecule has 3 heteroatoms. The molecular weight excluding hydrogens is 268 g/mol. The molecule has 0 spiro atoms. The van der Waals surface area contributed by atoms with Gasteiger partial charge >= 0.3 is 0 Å². The van der Waals surface area contributed by atoms with Crippen LogP contribution in [-0.2, 0) is 0 Å². The summed E-state index contributed by atoms with van der Waals surface area (Å²) in [6, 6.07) is 8.21. The monoisotopic (exact) mass is 294 g/mol. The van der Waals surface area contributed by atoms with Crippen LogP contribution in [0.5, 0.6) is 0 Å². The van der Waals surface area contributed by atoms with Gasteiger partial charge in [0.05, 0.1) is 0 Å². The summed E-state index contributed by atoms with van der Waals surface area (Å²) in [5.74, 6) is 0. The summed E-state index contributed by atoms with van der Waals surface area (Å²) in [5.41, 5.74) is 1.26. The maximum Gasteiger partial charge on any atom is 0.0426 e. The maximum atomic E-state index is 6.07. The van der Waals surface area contributed by atoms with Gasteiger partial charge in [-0.15, -0.1) is 0 Å². The molecule has 1 aromatic carbocycles. The van der Waals surface area contributed by atoms with E-state index in [1.165, 1.54) is 57.4 Å². The molecule has 0 atom stereocenters. The molecule has 0 amide bonds. The van der Waals surface area contributed by atoms with E-state index < -0.39 is 0 Å². The number of benzene rings is 1. The summed E-state index contributed by atoms with van der Waals surface area (Å²) in [7, 11) is 0. The minimum atomic E-state index is 0.834. The van der Waals surface area contributed by atoms with Crippen LogP contribution in [-0.4, -0.2) is 37.6 Å². The lowest BCUT2D eigenvalue weighted by molar-refractivity contribution is 0.252. The Balaban J connectivity index is 1.67. The van der Waals surface area contributed by atoms with Crippen molar-refractivity contribution in [2.45, 2.75) is 39.0 Å². The smallest absolute Gasteiger partial charge is 0.0426 e. The second-order valence-electron chi connectivity index (χ2n) is 5.72. The fourth-order valence-electron chi connectivity index (χ4n) is 2.84. The average Bonchev–Trinajstić information content (AvgIpc) is 2.48. The average molecular weight is 295 g/mol. The fourth-order valence-corrected chi connectivity index (χ4v) is 3.03. The van der Waals surface area contributed by atoms with Crippen LogP contribution in [0, 0.1) is 0 Å². The largest absolute Gasteiger partial charge is 0.369 e. The molecule has 1 aliphatic rings. The molecule has 0 saturated carbocycles. The van der Waals surface area contributed by atoms with Gasteiger partial charge in [-0.1, -0.05) is 50.3 Å². The van der Waals surface area contributed by atoms with Crippen LogP contribution in [0.1, 0.15) is 39.0 Å². The van der Waals surface area contributed by atoms with Gasteiger partial charge in [-0.3, -0.25) is 4.90 Å². The molecule has 1 heterocycles. The van der Waals surface area contributed by atoms with Crippen molar-refractivity contribution in [3.8, 4) is 0 Å². The second-order valence-corrected chi connectivity index (χ2v) is 6.16. The number of piperazine rings is 1. The molecule has 0 aromatic heterocycles. The van der Waals surface area contributed by atoms with Crippen LogP contribution in [0.3, 0.4) is 0 Å². The Morgan fingerprint density at radius 2 is 1.75 bits per heavy atom. The zero-order valence-corrected chi connectivity index (χ0v) is 13.4. The lowest BCUT2D eigenvalue weighted by Crippen LogP contribution is -2.46. The van der Waals surface area contributed by atoms with Crippen molar-refractivity contribution in [2.75, 3.05) is 37.6 Å². The molecule has 1 aromatic rings. The number of anilines is 1. The Morgan fingerprint density at radius 3 is 2.45 bits per heavy atom. The van der Waals surface area contributed by atoms with Gasteiger partial charge in [0.25, 0.3) is 0 Å². The van der Waals surface area contributed by atoms with Crippen LogP contribution >= 0.6 is 11.6 Å². The second kappa shape index (κ2) is 8.53. The van der Waals surface area contributed by atoms with Gasteiger partial charge in [0.1, 0.15) is 0 Å². The van der Waals surface area contributed by atoms with E-state index in [2.05, 4.69) is 28.9 Å². The van der Waals surface area contributed by atoms with Crippen molar-refractivity contribution in [3.05, 3.63) is 29.3 Å². The SMILES string of the molecule is CCCCCCCN1CCN(c2cccc(Cl)c2)CC1. The summed E-state index contributed by atoms with van der Waals surface area (Å²) >= 11 is 6.07. The van der Waals surface area contributed by atoms with Gasteiger partial charge in [-0.2, -0.15) is 0 Å². The summed E-state index contributed by atoms with van der Waals surface area (Å²) in [6.45, 7) is 8.15. The summed E-state index contributed by atoms with van der Waals surface area (Å²) < 4.78 is 0. The summed E-state index contributed by atoms with van der Waals surface area (Å²) in [5, 5.41) is 0.834. The topological polar surface area (TPSA) is 6.48 Å². The van der Waals surface area contributed by atoms with E-state index in [4.69, 9.17) is 11.6 Å². The molecule has 2 rings (SSSR count). The molecule has 1 fully saturated rings. The van der Waals surface area contributed by atoms with Crippen molar-refractivity contribution >= 4 is 17.3 Å². The first-order valence-electron chi connectivity index (χ1n) is 8.02. The van der Waals surface area contributed by atoms with E-state index in [0.29, 0.717) is 0 Å². The number of rotatable bonds is 7. The van der Waals surface area contributed by atoms with Crippen molar-refractivity contribution in [3.63, 3.8) is 0 Å². The van der Waals surface area contributed by atoms with Crippen LogP contribution in [0.15, 0.2) is 24.3 Å². The van der Waals surface area contributed by atoms with Gasteiger partial charge in [0.2, 0.25) is 0 Å². The lowest BCUT2D eigenvalue weighted by atomic mass is 10.1. The zero-order valence-electron chi connectivity index (χ0n) is 12.7. The third-order valence-corrected chi connectivity index (χ3v) is 4.36. The Kier molecular flexibility index (Phi) is 6.68. The van der Waals surface area contributed by atoms with E-state index in [1.54, 1.807) is 0 Å². The van der Waals surface area contributed by atoms with Gasteiger partial charge in [-0.05, 0) is 31.2 Å². The highest BCUT2D eigenvalue weighted by molar-refractivity contribution is 6.30. The molecule has 112 valence electrons. The molecular formula is C17H27ClN2. The first-order chi connectivity index (χ1) is 9.79. The van der Waals surface area contributed by atoms with Gasteiger partial charge in [0.15, 0.2) is 0 Å². The summed E-state index contributed by atoms with van der Waals surface area (Å²) in [6.07, 6.45) is 6.87. The molecule has 1 saturated heterocycles. The van der Waals surface area contributed by atoms with Crippen molar-refractivity contribution in [2.24, 2.45) is 0 Å². The van der Waals surface area contributed by atoms with Crippen molar-refractivity contribution < 1.29 is 0 Å². The highest BCUT2D eigenvalue weighted by Gasteiger charge is 2.16. The number of hydrogen-bond donors (Lipinski definition) is 0. The van der Waals surface area contributed by atoms with Crippen LogP contribution in [0.4, 0.5) is 5.69 Å². The lowest BCUT2D eigenvalue weighted by Gasteiger charge is -2.36. The molecule has 0 radical (unpaired) electrons. The number of halogens is 1. The van der Waals surface area contributed by atoms with Crippen molar-refractivity contribution in [1.29, 1.82) is 0 Å². The molecule has 0 bridgehead atoms. The molecule has 2 nitrogen and oxygen atoms in total. The number of unbranched alkanes of at least 4 members (excludes halogenated alkanes) is 4. The van der Waals surface area contributed by atoms with E-state index in [1.807, 2.05) is 12.1 Å². The van der Waals surface area contributed by atoms with Gasteiger partial charge in [-0.25, -0.2) is 0 Å². The van der Waals surface area contributed by atoms with E-state index in [9.17, 15) is 0 Å². The first kappa shape index (κ1) is 15.7. The van der Waals surface area contributed by atoms with Gasteiger partial charge < -0.3 is 4.90 Å². The highest BCUT2D eigenvalue weighted by atomic mass is 35.5. The van der Waals surface area contributed by atoms with E-state index >= 15 is 0 Å². The third-order valence-electron chi connectivity index (χ3n) is 4.12. The van der Waals surface area contributed by atoms with Crippen LogP contribution in [0.2, 0.25) is 5.02 Å². The van der Waals surface area contributed by atoms with Crippen LogP contribution < -0.4 is 4.90 Å². The normalized spacial score (nSPS) is 16.6. The predicted octanol–water partition coefficient (Wildman–Crippen LogP) is 4.43. The Hall–Kier alpha value is -0.730. The van der Waals surface area contributed by atoms with Gasteiger partial charge in [0, 0.05) is 36.9 Å². The van der Waals surface area contributed by atoms with E-state index in [0.717, 1.165) is 18.1 Å². The molecule has 1 aliphatic heterocycles.